The number of rotatable bonds is 4. The lowest BCUT2D eigenvalue weighted by molar-refractivity contribution is -0.149. The van der Waals surface area contributed by atoms with Gasteiger partial charge in [-0.3, -0.25) is 4.79 Å². The van der Waals surface area contributed by atoms with Crippen molar-refractivity contribution >= 4 is 12.0 Å². The van der Waals surface area contributed by atoms with Gasteiger partial charge < -0.3 is 15.0 Å². The maximum Gasteiger partial charge on any atom is 0.317 e. The standard InChI is InChI=1S/C12H22N2O3/c1-3-7-13-12(16)14-8-5-6-10(9-14)11(15)17-4-2/h10H,3-9H2,1-2H3,(H,13,16). The summed E-state index contributed by atoms with van der Waals surface area (Å²) in [6.45, 7) is 6.10. The molecule has 1 N–H and O–H groups in total. The second-order valence-corrected chi connectivity index (χ2v) is 4.27. The molecule has 1 heterocycles. The maximum absolute atomic E-state index is 11.7. The molecule has 0 radical (unpaired) electrons. The summed E-state index contributed by atoms with van der Waals surface area (Å²) in [4.78, 5) is 25.1. The number of piperidine rings is 1. The summed E-state index contributed by atoms with van der Waals surface area (Å²) in [5.74, 6) is -0.337. The molecule has 0 bridgehead atoms. The van der Waals surface area contributed by atoms with Gasteiger partial charge in [0.05, 0.1) is 12.5 Å². The van der Waals surface area contributed by atoms with E-state index in [1.54, 1.807) is 11.8 Å². The van der Waals surface area contributed by atoms with Gasteiger partial charge in [-0.25, -0.2) is 4.79 Å². The first-order chi connectivity index (χ1) is 8.19. The molecule has 1 aliphatic heterocycles. The third kappa shape index (κ3) is 4.24. The smallest absolute Gasteiger partial charge is 0.317 e. The molecule has 1 unspecified atom stereocenters. The van der Waals surface area contributed by atoms with E-state index in [2.05, 4.69) is 5.32 Å². The Morgan fingerprint density at radius 2 is 2.18 bits per heavy atom. The van der Waals surface area contributed by atoms with Gasteiger partial charge in [-0.1, -0.05) is 6.92 Å². The predicted molar refractivity (Wildman–Crippen MR) is 64.6 cm³/mol. The highest BCUT2D eigenvalue weighted by Gasteiger charge is 2.28. The van der Waals surface area contributed by atoms with E-state index < -0.39 is 0 Å². The molecule has 1 saturated heterocycles. The maximum atomic E-state index is 11.7. The van der Waals surface area contributed by atoms with Crippen LogP contribution in [0.2, 0.25) is 0 Å². The van der Waals surface area contributed by atoms with Crippen molar-refractivity contribution in [3.63, 3.8) is 0 Å². The molecule has 0 saturated carbocycles. The zero-order chi connectivity index (χ0) is 12.7. The van der Waals surface area contributed by atoms with Gasteiger partial charge in [0.25, 0.3) is 0 Å². The zero-order valence-corrected chi connectivity index (χ0v) is 10.7. The molecular weight excluding hydrogens is 220 g/mol. The molecule has 1 fully saturated rings. The highest BCUT2D eigenvalue weighted by atomic mass is 16.5. The van der Waals surface area contributed by atoms with Crippen molar-refractivity contribution in [3.05, 3.63) is 0 Å². The largest absolute Gasteiger partial charge is 0.466 e. The lowest BCUT2D eigenvalue weighted by Gasteiger charge is -2.31. The summed E-state index contributed by atoms with van der Waals surface area (Å²) < 4.78 is 4.99. The first kappa shape index (κ1) is 13.8. The number of carbonyl (C=O) groups is 2. The van der Waals surface area contributed by atoms with Gasteiger partial charge in [-0.15, -0.1) is 0 Å². The topological polar surface area (TPSA) is 58.6 Å². The Morgan fingerprint density at radius 1 is 1.41 bits per heavy atom. The number of likely N-dealkylation sites (tertiary alicyclic amines) is 1. The SMILES string of the molecule is CCCNC(=O)N1CCCC(C(=O)OCC)C1. The normalized spacial score (nSPS) is 19.9. The second-order valence-electron chi connectivity index (χ2n) is 4.27. The van der Waals surface area contributed by atoms with Gasteiger partial charge >= 0.3 is 12.0 Å². The van der Waals surface area contributed by atoms with Crippen LogP contribution in [-0.4, -0.2) is 43.1 Å². The van der Waals surface area contributed by atoms with Crippen molar-refractivity contribution < 1.29 is 14.3 Å². The van der Waals surface area contributed by atoms with Crippen molar-refractivity contribution in [1.82, 2.24) is 10.2 Å². The molecule has 5 nitrogen and oxygen atoms in total. The van der Waals surface area contributed by atoms with E-state index in [0.29, 0.717) is 19.7 Å². The molecule has 1 rings (SSSR count). The molecule has 0 aromatic heterocycles. The van der Waals surface area contributed by atoms with Gasteiger partial charge in [0.1, 0.15) is 0 Å². The molecule has 0 aliphatic carbocycles. The van der Waals surface area contributed by atoms with Crippen LogP contribution in [0.3, 0.4) is 0 Å². The van der Waals surface area contributed by atoms with Crippen LogP contribution >= 0.6 is 0 Å². The second kappa shape index (κ2) is 7.14. The molecule has 1 atom stereocenters. The van der Waals surface area contributed by atoms with Crippen LogP contribution in [0.5, 0.6) is 0 Å². The van der Waals surface area contributed by atoms with Crippen molar-refractivity contribution in [2.24, 2.45) is 5.92 Å². The third-order valence-electron chi connectivity index (χ3n) is 2.85. The fourth-order valence-electron chi connectivity index (χ4n) is 1.96. The Morgan fingerprint density at radius 3 is 2.82 bits per heavy atom. The van der Waals surface area contributed by atoms with Crippen LogP contribution in [0.4, 0.5) is 4.79 Å². The number of nitrogens with one attached hydrogen (secondary N) is 1. The van der Waals surface area contributed by atoms with Crippen molar-refractivity contribution in [2.45, 2.75) is 33.1 Å². The Kier molecular flexibility index (Phi) is 5.80. The number of hydrogen-bond acceptors (Lipinski definition) is 3. The summed E-state index contributed by atoms with van der Waals surface area (Å²) in [6, 6.07) is -0.0687. The minimum absolute atomic E-state index is 0.0687. The minimum Gasteiger partial charge on any atom is -0.466 e. The van der Waals surface area contributed by atoms with Gasteiger partial charge in [-0.05, 0) is 26.2 Å². The van der Waals surface area contributed by atoms with Crippen LogP contribution in [0.1, 0.15) is 33.1 Å². The molecule has 17 heavy (non-hydrogen) atoms. The van der Waals surface area contributed by atoms with Gasteiger partial charge in [0.15, 0.2) is 0 Å². The highest BCUT2D eigenvalue weighted by molar-refractivity contribution is 5.77. The van der Waals surface area contributed by atoms with Crippen LogP contribution in [0.15, 0.2) is 0 Å². The fraction of sp³-hybridized carbons (Fsp3) is 0.833. The first-order valence-corrected chi connectivity index (χ1v) is 6.38. The van der Waals surface area contributed by atoms with Crippen molar-refractivity contribution in [3.8, 4) is 0 Å². The molecule has 5 heteroatoms. The van der Waals surface area contributed by atoms with E-state index in [4.69, 9.17) is 4.74 Å². The molecule has 0 aromatic carbocycles. The van der Waals surface area contributed by atoms with Crippen LogP contribution in [-0.2, 0) is 9.53 Å². The summed E-state index contributed by atoms with van der Waals surface area (Å²) >= 11 is 0. The molecular formula is C12H22N2O3. The number of ether oxygens (including phenoxy) is 1. The van der Waals surface area contributed by atoms with E-state index in [1.807, 2.05) is 6.92 Å². The lowest BCUT2D eigenvalue weighted by atomic mass is 9.98. The summed E-state index contributed by atoms with van der Waals surface area (Å²) in [7, 11) is 0. The number of carbonyl (C=O) groups excluding carboxylic acids is 2. The number of nitrogens with zero attached hydrogens (tertiary/aromatic N) is 1. The van der Waals surface area contributed by atoms with E-state index >= 15 is 0 Å². The predicted octanol–water partition coefficient (Wildman–Crippen LogP) is 1.38. The lowest BCUT2D eigenvalue weighted by Crippen LogP contribution is -2.47. The number of urea groups is 1. The quantitative estimate of drug-likeness (QED) is 0.758. The van der Waals surface area contributed by atoms with Gasteiger partial charge in [0.2, 0.25) is 0 Å². The Labute approximate surface area is 102 Å². The van der Waals surface area contributed by atoms with E-state index in [9.17, 15) is 9.59 Å². The average molecular weight is 242 g/mol. The van der Waals surface area contributed by atoms with E-state index in [0.717, 1.165) is 25.8 Å². The summed E-state index contributed by atoms with van der Waals surface area (Å²) in [6.07, 6.45) is 2.60. The summed E-state index contributed by atoms with van der Waals surface area (Å²) in [5.41, 5.74) is 0. The number of amides is 2. The highest BCUT2D eigenvalue weighted by Crippen LogP contribution is 2.17. The monoisotopic (exact) mass is 242 g/mol. The van der Waals surface area contributed by atoms with Crippen LogP contribution in [0.25, 0.3) is 0 Å². The zero-order valence-electron chi connectivity index (χ0n) is 10.7. The molecule has 98 valence electrons. The van der Waals surface area contributed by atoms with Gasteiger partial charge in [-0.2, -0.15) is 0 Å². The summed E-state index contributed by atoms with van der Waals surface area (Å²) in [5, 5.41) is 2.83. The number of esters is 1. The molecule has 1 aliphatic rings. The minimum atomic E-state index is -0.180. The van der Waals surface area contributed by atoms with Crippen LogP contribution < -0.4 is 5.32 Å². The van der Waals surface area contributed by atoms with E-state index in [1.165, 1.54) is 0 Å². The van der Waals surface area contributed by atoms with Crippen LogP contribution in [0, 0.1) is 5.92 Å². The van der Waals surface area contributed by atoms with E-state index in [-0.39, 0.29) is 17.9 Å². The van der Waals surface area contributed by atoms with Crippen molar-refractivity contribution in [2.75, 3.05) is 26.2 Å². The number of hydrogen-bond donors (Lipinski definition) is 1. The Bertz CT molecular complexity index is 268. The fourth-order valence-corrected chi connectivity index (χ4v) is 1.96. The first-order valence-electron chi connectivity index (χ1n) is 6.38. The van der Waals surface area contributed by atoms with Gasteiger partial charge in [0, 0.05) is 19.6 Å². The third-order valence-corrected chi connectivity index (χ3v) is 2.85. The average Bonchev–Trinajstić information content (AvgIpc) is 2.36. The van der Waals surface area contributed by atoms with Crippen molar-refractivity contribution in [1.29, 1.82) is 0 Å². The Hall–Kier alpha value is -1.26. The molecule has 0 aromatic rings. The molecule has 0 spiro atoms. The Balaban J connectivity index is 2.42. The molecule has 2 amide bonds.